The normalized spacial score (nSPS) is 10.9. The minimum absolute atomic E-state index is 0.0855. The van der Waals surface area contributed by atoms with E-state index >= 15 is 0 Å². The Balaban J connectivity index is 3.00. The highest BCUT2D eigenvalue weighted by Crippen LogP contribution is 2.28. The van der Waals surface area contributed by atoms with E-state index in [0.29, 0.717) is 15.3 Å². The van der Waals surface area contributed by atoms with Crippen molar-refractivity contribution in [3.63, 3.8) is 0 Å². The summed E-state index contributed by atoms with van der Waals surface area (Å²) < 4.78 is 0. The van der Waals surface area contributed by atoms with Gasteiger partial charge >= 0.3 is 0 Å². The summed E-state index contributed by atoms with van der Waals surface area (Å²) in [7, 11) is 0. The van der Waals surface area contributed by atoms with Gasteiger partial charge in [0.25, 0.3) is 0 Å². The number of fused-ring (bicyclic) bond motifs is 1. The zero-order valence-corrected chi connectivity index (χ0v) is 7.10. The molecule has 0 radical (unpaired) electrons. The van der Waals surface area contributed by atoms with Crippen LogP contribution in [-0.4, -0.2) is 20.1 Å². The second kappa shape index (κ2) is 2.34. The molecule has 14 heavy (non-hydrogen) atoms. The third kappa shape index (κ3) is 0.830. The molecule has 0 fully saturated rings. The Kier molecular flexibility index (Phi) is 1.39. The fourth-order valence-corrected chi connectivity index (χ4v) is 1.34. The fraction of sp³-hybridized carbons (Fsp3) is 0. The van der Waals surface area contributed by atoms with Gasteiger partial charge in [-0.3, -0.25) is 0 Å². The van der Waals surface area contributed by atoms with Gasteiger partial charge in [0.1, 0.15) is 5.69 Å². The number of hydrogen-bond acceptors (Lipinski definition) is 5. The van der Waals surface area contributed by atoms with Crippen molar-refractivity contribution < 1.29 is 10.4 Å². The molecule has 0 aromatic carbocycles. The van der Waals surface area contributed by atoms with Crippen LogP contribution in [-0.2, 0) is 0 Å². The molecule has 2 rings (SSSR count). The largest absolute Gasteiger partial charge is 0.411 e. The molecule has 1 aliphatic heterocycles. The Morgan fingerprint density at radius 2 is 1.93 bits per heavy atom. The Morgan fingerprint density at radius 1 is 1.29 bits per heavy atom. The van der Waals surface area contributed by atoms with E-state index in [1.807, 2.05) is 0 Å². The molecule has 1 heterocycles. The predicted molar refractivity (Wildman–Crippen MR) is 48.1 cm³/mol. The maximum atomic E-state index is 9.34. The lowest BCUT2D eigenvalue weighted by Crippen LogP contribution is -2.12. The van der Waals surface area contributed by atoms with Crippen LogP contribution in [0.3, 0.4) is 0 Å². The fourth-order valence-electron chi connectivity index (χ4n) is 1.34. The molecule has 0 amide bonds. The quantitative estimate of drug-likeness (QED) is 0.287. The Hall–Kier alpha value is -2.31. The van der Waals surface area contributed by atoms with Gasteiger partial charge in [-0.25, -0.2) is 0 Å². The minimum Gasteiger partial charge on any atom is -0.411 e. The highest BCUT2D eigenvalue weighted by molar-refractivity contribution is 5.83. The van der Waals surface area contributed by atoms with Crippen LogP contribution < -0.4 is 16.8 Å². The van der Waals surface area contributed by atoms with Crippen LogP contribution in [0.15, 0.2) is 12.3 Å². The SMILES string of the molecule is N=c1cc(N)c(N)c2n(O)n(O)cc1-2. The lowest BCUT2D eigenvalue weighted by Gasteiger charge is -2.06. The monoisotopic (exact) mass is 195 g/mol. The van der Waals surface area contributed by atoms with E-state index in [-0.39, 0.29) is 22.4 Å². The number of rotatable bonds is 0. The summed E-state index contributed by atoms with van der Waals surface area (Å²) in [5.41, 5.74) is 11.9. The first-order valence-corrected chi connectivity index (χ1v) is 3.78. The van der Waals surface area contributed by atoms with Gasteiger partial charge in [0.15, 0.2) is 0 Å². The van der Waals surface area contributed by atoms with Crippen molar-refractivity contribution in [2.75, 3.05) is 11.5 Å². The minimum atomic E-state index is 0.0855. The molecule has 0 bridgehead atoms. The van der Waals surface area contributed by atoms with Gasteiger partial charge in [-0.1, -0.05) is 9.69 Å². The highest BCUT2D eigenvalue weighted by atomic mass is 16.6. The molecule has 0 aromatic rings. The number of hydrogen-bond donors (Lipinski definition) is 5. The van der Waals surface area contributed by atoms with Gasteiger partial charge < -0.3 is 27.3 Å². The van der Waals surface area contributed by atoms with Crippen molar-refractivity contribution in [2.45, 2.75) is 0 Å². The smallest absolute Gasteiger partial charge is 0.138 e. The summed E-state index contributed by atoms with van der Waals surface area (Å²) in [6.07, 6.45) is 1.17. The van der Waals surface area contributed by atoms with Gasteiger partial charge in [-0.05, 0) is 6.07 Å². The van der Waals surface area contributed by atoms with E-state index in [9.17, 15) is 5.21 Å². The van der Waals surface area contributed by atoms with Crippen molar-refractivity contribution >= 4 is 11.4 Å². The summed E-state index contributed by atoms with van der Waals surface area (Å²) in [5, 5.41) is 26.1. The number of nitrogen functional groups attached to an aromatic ring is 2. The highest BCUT2D eigenvalue weighted by Gasteiger charge is 2.19. The Bertz CT molecular complexity index is 526. The number of nitrogens with zero attached hydrogens (tertiary/aromatic N) is 2. The predicted octanol–water partition coefficient (Wildman–Crippen LogP) is -0.487. The molecule has 0 unspecified atom stereocenters. The third-order valence-corrected chi connectivity index (χ3v) is 2.05. The number of aromatic nitrogens is 2. The topological polar surface area (TPSA) is 126 Å². The Morgan fingerprint density at radius 3 is 2.57 bits per heavy atom. The van der Waals surface area contributed by atoms with Crippen molar-refractivity contribution in [3.8, 4) is 11.3 Å². The van der Waals surface area contributed by atoms with E-state index < -0.39 is 0 Å². The Labute approximate surface area is 78.1 Å². The third-order valence-electron chi connectivity index (χ3n) is 2.05. The molecule has 0 atom stereocenters. The molecule has 74 valence electrons. The van der Waals surface area contributed by atoms with Crippen molar-refractivity contribution in [3.05, 3.63) is 17.6 Å². The van der Waals surface area contributed by atoms with Gasteiger partial charge in [-0.2, -0.15) is 0 Å². The molecule has 7 N–H and O–H groups in total. The van der Waals surface area contributed by atoms with Crippen LogP contribution in [0.1, 0.15) is 0 Å². The van der Waals surface area contributed by atoms with Crippen molar-refractivity contribution in [1.29, 1.82) is 5.41 Å². The summed E-state index contributed by atoms with van der Waals surface area (Å²) in [6, 6.07) is 1.36. The summed E-state index contributed by atoms with van der Waals surface area (Å²) in [5.74, 6) is 0. The van der Waals surface area contributed by atoms with Crippen LogP contribution in [0.2, 0.25) is 0 Å². The second-order valence-electron chi connectivity index (χ2n) is 2.93. The lowest BCUT2D eigenvalue weighted by atomic mass is 10.1. The first-order chi connectivity index (χ1) is 6.52. The zero-order chi connectivity index (χ0) is 10.5. The van der Waals surface area contributed by atoms with E-state index in [1.165, 1.54) is 12.3 Å². The summed E-state index contributed by atoms with van der Waals surface area (Å²) in [4.78, 5) is 0.859. The van der Waals surface area contributed by atoms with Gasteiger partial charge in [0, 0.05) is 0 Å². The second-order valence-corrected chi connectivity index (χ2v) is 2.93. The number of benzene rings is 1. The van der Waals surface area contributed by atoms with Crippen LogP contribution in [0.25, 0.3) is 11.3 Å². The van der Waals surface area contributed by atoms with Crippen LogP contribution >= 0.6 is 0 Å². The van der Waals surface area contributed by atoms with Crippen molar-refractivity contribution in [2.24, 2.45) is 0 Å². The molecule has 0 aromatic heterocycles. The molecule has 0 spiro atoms. The van der Waals surface area contributed by atoms with Crippen LogP contribution in [0, 0.1) is 5.41 Å². The maximum Gasteiger partial charge on any atom is 0.138 e. The van der Waals surface area contributed by atoms with Crippen LogP contribution in [0.4, 0.5) is 11.4 Å². The van der Waals surface area contributed by atoms with Crippen LogP contribution in [0.5, 0.6) is 0 Å². The zero-order valence-electron chi connectivity index (χ0n) is 7.10. The van der Waals surface area contributed by atoms with Crippen molar-refractivity contribution in [1.82, 2.24) is 9.69 Å². The molecule has 0 saturated carbocycles. The van der Waals surface area contributed by atoms with Gasteiger partial charge in [0.2, 0.25) is 0 Å². The summed E-state index contributed by atoms with van der Waals surface area (Å²) in [6.45, 7) is 0. The molecule has 2 aliphatic rings. The molecular weight excluding hydrogens is 186 g/mol. The number of nitrogens with one attached hydrogen (secondary N) is 1. The van der Waals surface area contributed by atoms with Gasteiger partial charge in [0.05, 0.1) is 28.5 Å². The van der Waals surface area contributed by atoms with Gasteiger partial charge in [-0.15, -0.1) is 0 Å². The molecular formula is C7H9N5O2. The average molecular weight is 195 g/mol. The van der Waals surface area contributed by atoms with E-state index in [1.54, 1.807) is 0 Å². The number of nitrogens with two attached hydrogens (primary N) is 2. The molecule has 7 heteroatoms. The number of anilines is 2. The van der Waals surface area contributed by atoms with E-state index in [0.717, 1.165) is 0 Å². The van der Waals surface area contributed by atoms with E-state index in [2.05, 4.69) is 0 Å². The summed E-state index contributed by atoms with van der Waals surface area (Å²) >= 11 is 0. The average Bonchev–Trinajstić information content (AvgIpc) is 2.41. The maximum absolute atomic E-state index is 9.34. The molecule has 0 saturated heterocycles. The van der Waals surface area contributed by atoms with E-state index in [4.69, 9.17) is 22.1 Å². The lowest BCUT2D eigenvalue weighted by molar-refractivity contribution is -0.00650. The molecule has 7 nitrogen and oxygen atoms in total. The first kappa shape index (κ1) is 8.30. The standard InChI is InChI=1S/C7H9N5O2/c8-4-1-5(9)6(10)7-3(4)2-11(13)12(7)14/h1-2,8,13-14H,9-10H2. The molecule has 1 aliphatic carbocycles. The first-order valence-electron chi connectivity index (χ1n) is 3.78.